The lowest BCUT2D eigenvalue weighted by molar-refractivity contribution is -0.143. The minimum absolute atomic E-state index is 0.0637. The maximum atomic E-state index is 13.2. The van der Waals surface area contributed by atoms with Gasteiger partial charge in [-0.2, -0.15) is 0 Å². The third-order valence-electron chi connectivity index (χ3n) is 5.87. The highest BCUT2D eigenvalue weighted by molar-refractivity contribution is 5.95. The molecule has 0 fully saturated rings. The van der Waals surface area contributed by atoms with Crippen molar-refractivity contribution in [2.75, 3.05) is 6.61 Å². The maximum absolute atomic E-state index is 13.2. The molecule has 13 nitrogen and oxygen atoms in total. The maximum Gasteiger partial charge on any atom is 0.328 e. The number of fused-ring (bicyclic) bond motifs is 1. The standard InChI is InChI=1S/C25H35N5O8/c1-13(2)9-16(26)22(34)28-18(7-8-21(32)33)23(35)29-19(24(36)30-20(12-31)25(37)38)10-14-11-27-17-6-4-3-5-15(14)17/h3-6,11,13,16,18-20,27,31H,7-10,12,26H2,1-2H3,(H,28,34)(H,29,35)(H,30,36)(H,32,33)(H,37,38). The number of aliphatic hydroxyl groups excluding tert-OH is 1. The van der Waals surface area contributed by atoms with E-state index in [4.69, 9.17) is 10.8 Å². The van der Waals surface area contributed by atoms with E-state index < -0.39 is 66.9 Å². The first-order valence-electron chi connectivity index (χ1n) is 12.2. The van der Waals surface area contributed by atoms with Crippen molar-refractivity contribution < 1.29 is 39.3 Å². The van der Waals surface area contributed by atoms with Crippen LogP contribution >= 0.6 is 0 Å². The summed E-state index contributed by atoms with van der Waals surface area (Å²) in [4.78, 5) is 64.4. The smallest absolute Gasteiger partial charge is 0.328 e. The second-order valence-corrected chi connectivity index (χ2v) is 9.44. The van der Waals surface area contributed by atoms with Crippen molar-refractivity contribution >= 4 is 40.6 Å². The second-order valence-electron chi connectivity index (χ2n) is 9.44. The third-order valence-corrected chi connectivity index (χ3v) is 5.87. The quantitative estimate of drug-likeness (QED) is 0.147. The van der Waals surface area contributed by atoms with Crippen molar-refractivity contribution in [1.29, 1.82) is 0 Å². The Morgan fingerprint density at radius 2 is 1.53 bits per heavy atom. The molecular formula is C25H35N5O8. The lowest BCUT2D eigenvalue weighted by Crippen LogP contribution is -2.58. The van der Waals surface area contributed by atoms with Gasteiger partial charge in [-0.3, -0.25) is 19.2 Å². The van der Waals surface area contributed by atoms with Crippen LogP contribution in [0.15, 0.2) is 30.5 Å². The first-order valence-corrected chi connectivity index (χ1v) is 12.2. The average molecular weight is 534 g/mol. The number of hydrogen-bond donors (Lipinski definition) is 8. The van der Waals surface area contributed by atoms with Crippen LogP contribution in [0, 0.1) is 5.92 Å². The first kappa shape index (κ1) is 30.3. The molecule has 2 aromatic rings. The van der Waals surface area contributed by atoms with Crippen LogP contribution in [-0.2, 0) is 30.4 Å². The van der Waals surface area contributed by atoms with Crippen molar-refractivity contribution in [3.05, 3.63) is 36.0 Å². The van der Waals surface area contributed by atoms with Gasteiger partial charge < -0.3 is 42.0 Å². The number of carboxylic acid groups (broad SMARTS) is 2. The molecule has 0 aliphatic rings. The molecule has 2 rings (SSSR count). The summed E-state index contributed by atoms with van der Waals surface area (Å²) < 4.78 is 0. The van der Waals surface area contributed by atoms with Crippen LogP contribution in [0.25, 0.3) is 10.9 Å². The monoisotopic (exact) mass is 533 g/mol. The van der Waals surface area contributed by atoms with E-state index in [1.807, 2.05) is 26.0 Å². The highest BCUT2D eigenvalue weighted by Gasteiger charge is 2.31. The Bertz CT molecular complexity index is 1150. The van der Waals surface area contributed by atoms with Crippen molar-refractivity contribution in [1.82, 2.24) is 20.9 Å². The Hall–Kier alpha value is -3.97. The van der Waals surface area contributed by atoms with Gasteiger partial charge in [-0.1, -0.05) is 32.0 Å². The van der Waals surface area contributed by atoms with Crippen molar-refractivity contribution in [2.24, 2.45) is 11.7 Å². The number of rotatable bonds is 15. The van der Waals surface area contributed by atoms with Crippen molar-refractivity contribution in [2.45, 2.75) is 63.7 Å². The summed E-state index contributed by atoms with van der Waals surface area (Å²) in [5.41, 5.74) is 7.32. The van der Waals surface area contributed by atoms with Crippen LogP contribution < -0.4 is 21.7 Å². The minimum Gasteiger partial charge on any atom is -0.481 e. The fourth-order valence-corrected chi connectivity index (χ4v) is 3.89. The average Bonchev–Trinajstić information content (AvgIpc) is 3.26. The zero-order valence-electron chi connectivity index (χ0n) is 21.3. The van der Waals surface area contributed by atoms with E-state index in [0.29, 0.717) is 12.0 Å². The Kier molecular flexibility index (Phi) is 11.2. The Morgan fingerprint density at radius 1 is 0.921 bits per heavy atom. The molecule has 0 spiro atoms. The number of benzene rings is 1. The summed E-state index contributed by atoms with van der Waals surface area (Å²) >= 11 is 0. The highest BCUT2D eigenvalue weighted by atomic mass is 16.4. The van der Waals surface area contributed by atoms with Gasteiger partial charge in [0.25, 0.3) is 0 Å². The molecule has 3 amide bonds. The van der Waals surface area contributed by atoms with Crippen LogP contribution in [-0.4, -0.2) is 80.7 Å². The van der Waals surface area contributed by atoms with Gasteiger partial charge in [0, 0.05) is 29.9 Å². The fraction of sp³-hybridized carbons (Fsp3) is 0.480. The van der Waals surface area contributed by atoms with E-state index in [0.717, 1.165) is 10.9 Å². The zero-order valence-corrected chi connectivity index (χ0v) is 21.3. The van der Waals surface area contributed by atoms with Gasteiger partial charge in [-0.25, -0.2) is 4.79 Å². The Morgan fingerprint density at radius 3 is 2.13 bits per heavy atom. The number of para-hydroxylation sites is 1. The predicted octanol–water partition coefficient (Wildman–Crippen LogP) is -0.520. The largest absolute Gasteiger partial charge is 0.481 e. The zero-order chi connectivity index (χ0) is 28.4. The molecule has 0 aliphatic heterocycles. The molecule has 0 bridgehead atoms. The number of nitrogens with one attached hydrogen (secondary N) is 4. The number of aromatic nitrogens is 1. The topological polar surface area (TPSA) is 224 Å². The van der Waals surface area contributed by atoms with Gasteiger partial charge >= 0.3 is 11.9 Å². The van der Waals surface area contributed by atoms with E-state index in [1.165, 1.54) is 0 Å². The Labute approximate surface area is 219 Å². The van der Waals surface area contributed by atoms with Crippen LogP contribution in [0.1, 0.15) is 38.7 Å². The molecule has 0 saturated heterocycles. The molecule has 9 N–H and O–H groups in total. The molecule has 0 radical (unpaired) electrons. The molecular weight excluding hydrogens is 498 g/mol. The number of amides is 3. The first-order chi connectivity index (χ1) is 17.9. The number of aromatic amines is 1. The van der Waals surface area contributed by atoms with E-state index in [1.54, 1.807) is 18.3 Å². The molecule has 1 aromatic carbocycles. The lowest BCUT2D eigenvalue weighted by Gasteiger charge is -2.25. The molecule has 0 aliphatic carbocycles. The number of H-pyrrole nitrogens is 1. The highest BCUT2D eigenvalue weighted by Crippen LogP contribution is 2.19. The van der Waals surface area contributed by atoms with Crippen LogP contribution in [0.4, 0.5) is 0 Å². The molecule has 1 aromatic heterocycles. The van der Waals surface area contributed by atoms with Gasteiger partial charge in [0.05, 0.1) is 12.6 Å². The van der Waals surface area contributed by atoms with Crippen molar-refractivity contribution in [3.8, 4) is 0 Å². The van der Waals surface area contributed by atoms with Crippen LogP contribution in [0.3, 0.4) is 0 Å². The van der Waals surface area contributed by atoms with Gasteiger partial charge in [-0.15, -0.1) is 0 Å². The van der Waals surface area contributed by atoms with Crippen molar-refractivity contribution in [3.63, 3.8) is 0 Å². The number of carbonyl (C=O) groups is 5. The molecule has 4 atom stereocenters. The summed E-state index contributed by atoms with van der Waals surface area (Å²) in [7, 11) is 0. The molecule has 13 heteroatoms. The third kappa shape index (κ3) is 8.85. The molecule has 0 saturated carbocycles. The van der Waals surface area contributed by atoms with E-state index in [9.17, 15) is 34.2 Å². The summed E-state index contributed by atoms with van der Waals surface area (Å²) in [6.07, 6.45) is 1.21. The number of aliphatic carboxylic acids is 2. The summed E-state index contributed by atoms with van der Waals surface area (Å²) in [6, 6.07) is 2.05. The molecule has 208 valence electrons. The van der Waals surface area contributed by atoms with Gasteiger partial charge in [0.15, 0.2) is 0 Å². The van der Waals surface area contributed by atoms with Gasteiger partial charge in [0.1, 0.15) is 18.1 Å². The molecule has 1 heterocycles. The lowest BCUT2D eigenvalue weighted by atomic mass is 10.0. The van der Waals surface area contributed by atoms with E-state index in [-0.39, 0.29) is 18.8 Å². The van der Waals surface area contributed by atoms with E-state index >= 15 is 0 Å². The SMILES string of the molecule is CC(C)CC(N)C(=O)NC(CCC(=O)O)C(=O)NC(Cc1c[nH]c2ccccc12)C(=O)NC(CO)C(=O)O. The minimum atomic E-state index is -1.61. The molecule has 38 heavy (non-hydrogen) atoms. The van der Waals surface area contributed by atoms with Gasteiger partial charge in [-0.05, 0) is 30.4 Å². The van der Waals surface area contributed by atoms with E-state index in [2.05, 4.69) is 20.9 Å². The normalized spacial score (nSPS) is 14.3. The number of hydrogen-bond acceptors (Lipinski definition) is 7. The fourth-order valence-electron chi connectivity index (χ4n) is 3.89. The predicted molar refractivity (Wildman–Crippen MR) is 137 cm³/mol. The number of aliphatic hydroxyl groups is 1. The summed E-state index contributed by atoms with van der Waals surface area (Å²) in [5.74, 6) is -4.93. The summed E-state index contributed by atoms with van der Waals surface area (Å²) in [5, 5.41) is 35.6. The summed E-state index contributed by atoms with van der Waals surface area (Å²) in [6.45, 7) is 2.86. The van der Waals surface area contributed by atoms with Crippen LogP contribution in [0.5, 0.6) is 0 Å². The number of carboxylic acids is 2. The number of nitrogens with two attached hydrogens (primary N) is 1. The Balaban J connectivity index is 2.30. The second kappa shape index (κ2) is 14.1. The molecule has 4 unspecified atom stereocenters. The van der Waals surface area contributed by atoms with Crippen LogP contribution in [0.2, 0.25) is 0 Å². The van der Waals surface area contributed by atoms with Gasteiger partial charge in [0.2, 0.25) is 17.7 Å². The number of carbonyl (C=O) groups excluding carboxylic acids is 3.